The highest BCUT2D eigenvalue weighted by molar-refractivity contribution is 5.94. The van der Waals surface area contributed by atoms with Crippen LogP contribution in [0.5, 0.6) is 5.75 Å². The van der Waals surface area contributed by atoms with Crippen molar-refractivity contribution in [1.29, 1.82) is 0 Å². The van der Waals surface area contributed by atoms with E-state index in [4.69, 9.17) is 0 Å². The van der Waals surface area contributed by atoms with Crippen molar-refractivity contribution in [1.82, 2.24) is 14.8 Å². The number of aromatic nitrogens is 1. The second kappa shape index (κ2) is 7.99. The smallest absolute Gasteiger partial charge is 0.276 e. The lowest BCUT2D eigenvalue weighted by molar-refractivity contribution is -0.0643. The van der Waals surface area contributed by atoms with Gasteiger partial charge in [-0.3, -0.25) is 9.69 Å². The molecule has 4 heterocycles. The van der Waals surface area contributed by atoms with E-state index in [1.54, 1.807) is 24.4 Å². The number of rotatable bonds is 3. The average molecular weight is 410 g/mol. The van der Waals surface area contributed by atoms with E-state index >= 15 is 0 Å². The first-order valence-electron chi connectivity index (χ1n) is 11.0. The van der Waals surface area contributed by atoms with Gasteiger partial charge in [-0.2, -0.15) is 0 Å². The minimum Gasteiger partial charge on any atom is -0.505 e. The van der Waals surface area contributed by atoms with Gasteiger partial charge in [-0.25, -0.2) is 9.37 Å². The van der Waals surface area contributed by atoms with Gasteiger partial charge >= 0.3 is 0 Å². The van der Waals surface area contributed by atoms with Crippen LogP contribution in [0.25, 0.3) is 0 Å². The Morgan fingerprint density at radius 1 is 1.17 bits per heavy atom. The highest BCUT2D eigenvalue weighted by Crippen LogP contribution is 2.42. The number of nitrogens with zero attached hydrogens (tertiary/aromatic N) is 3. The molecule has 0 spiro atoms. The van der Waals surface area contributed by atoms with Gasteiger partial charge < -0.3 is 10.0 Å². The number of pyridine rings is 1. The Kier molecular flexibility index (Phi) is 5.19. The lowest BCUT2D eigenvalue weighted by Gasteiger charge is -2.57. The Bertz CT molecular complexity index is 936. The van der Waals surface area contributed by atoms with Crippen LogP contribution >= 0.6 is 0 Å². The first-order valence-corrected chi connectivity index (χ1v) is 11.0. The van der Waals surface area contributed by atoms with E-state index < -0.39 is 0 Å². The standard InChI is InChI=1S/C24H28FN3O2/c25-19-6-3-5-16(11-19)12-21-18-13-17(20-7-1-2-10-28(20)21)14-27(15-18)24(30)23-22(29)8-4-9-26-23/h3-6,8-9,11,17-18,20-21,29H,1-2,7,10,12-15H2/t17-,18+,20+,21+/m1/s1. The third kappa shape index (κ3) is 3.58. The van der Waals surface area contributed by atoms with Crippen LogP contribution in [0.2, 0.25) is 0 Å². The molecular formula is C24H28FN3O2. The predicted octanol–water partition coefficient (Wildman–Crippen LogP) is 3.48. The van der Waals surface area contributed by atoms with Crippen molar-refractivity contribution in [3.05, 3.63) is 59.7 Å². The highest BCUT2D eigenvalue weighted by Gasteiger charge is 2.48. The zero-order valence-corrected chi connectivity index (χ0v) is 17.1. The molecular weight excluding hydrogens is 381 g/mol. The molecule has 3 aliphatic rings. The molecule has 3 aliphatic heterocycles. The summed E-state index contributed by atoms with van der Waals surface area (Å²) in [6.07, 6.45) is 7.06. The van der Waals surface area contributed by atoms with Crippen molar-refractivity contribution in [3.8, 4) is 5.75 Å². The fourth-order valence-corrected chi connectivity index (χ4v) is 5.97. The van der Waals surface area contributed by atoms with Gasteiger partial charge in [0.25, 0.3) is 5.91 Å². The van der Waals surface area contributed by atoms with Crippen LogP contribution in [-0.4, -0.2) is 57.5 Å². The Hall–Kier alpha value is -2.47. The number of aromatic hydroxyl groups is 1. The molecule has 2 bridgehead atoms. The third-order valence-corrected chi connectivity index (χ3v) is 7.23. The normalized spacial score (nSPS) is 28.8. The lowest BCUT2D eigenvalue weighted by Crippen LogP contribution is -2.64. The molecule has 0 aliphatic carbocycles. The Labute approximate surface area is 176 Å². The van der Waals surface area contributed by atoms with Crippen molar-refractivity contribution in [2.75, 3.05) is 19.6 Å². The molecule has 1 N–H and O–H groups in total. The Morgan fingerprint density at radius 3 is 2.87 bits per heavy atom. The summed E-state index contributed by atoms with van der Waals surface area (Å²) in [6.45, 7) is 2.47. The second-order valence-corrected chi connectivity index (χ2v) is 9.04. The van der Waals surface area contributed by atoms with Gasteiger partial charge in [0.15, 0.2) is 5.69 Å². The van der Waals surface area contributed by atoms with Gasteiger partial charge in [0.1, 0.15) is 11.6 Å². The van der Waals surface area contributed by atoms with E-state index in [1.165, 1.54) is 25.0 Å². The molecule has 5 nitrogen and oxygen atoms in total. The molecule has 1 aromatic heterocycles. The van der Waals surface area contributed by atoms with E-state index in [0.717, 1.165) is 37.9 Å². The number of piperidine rings is 3. The minimum atomic E-state index is -0.192. The number of hydrogen-bond donors (Lipinski definition) is 1. The summed E-state index contributed by atoms with van der Waals surface area (Å²) in [5, 5.41) is 10.1. The summed E-state index contributed by atoms with van der Waals surface area (Å²) in [4.78, 5) is 21.8. The van der Waals surface area contributed by atoms with Crippen LogP contribution in [0.15, 0.2) is 42.6 Å². The van der Waals surface area contributed by atoms with Crippen LogP contribution in [0.4, 0.5) is 4.39 Å². The van der Waals surface area contributed by atoms with Gasteiger partial charge in [-0.05, 0) is 73.9 Å². The average Bonchev–Trinajstić information content (AvgIpc) is 2.76. The van der Waals surface area contributed by atoms with Crippen LogP contribution < -0.4 is 0 Å². The maximum atomic E-state index is 13.8. The van der Waals surface area contributed by atoms with Crippen molar-refractivity contribution >= 4 is 5.91 Å². The molecule has 3 fully saturated rings. The van der Waals surface area contributed by atoms with Crippen LogP contribution in [0, 0.1) is 17.7 Å². The molecule has 3 saturated heterocycles. The number of halogens is 1. The number of carbonyl (C=O) groups excluding carboxylic acids is 1. The Morgan fingerprint density at radius 2 is 2.03 bits per heavy atom. The molecule has 2 aromatic rings. The van der Waals surface area contributed by atoms with E-state index in [9.17, 15) is 14.3 Å². The molecule has 0 unspecified atom stereocenters. The van der Waals surface area contributed by atoms with Crippen molar-refractivity contribution in [3.63, 3.8) is 0 Å². The van der Waals surface area contributed by atoms with Crippen molar-refractivity contribution in [2.45, 2.75) is 44.2 Å². The number of amides is 1. The van der Waals surface area contributed by atoms with Gasteiger partial charge in [0.2, 0.25) is 0 Å². The Balaban J connectivity index is 1.42. The molecule has 1 amide bonds. The first kappa shape index (κ1) is 19.5. The van der Waals surface area contributed by atoms with Crippen LogP contribution in [0.3, 0.4) is 0 Å². The molecule has 1 aromatic carbocycles. The summed E-state index contributed by atoms with van der Waals surface area (Å²) in [5.41, 5.74) is 1.16. The van der Waals surface area contributed by atoms with E-state index in [1.807, 2.05) is 11.0 Å². The lowest BCUT2D eigenvalue weighted by atomic mass is 9.71. The number of hydrogen-bond acceptors (Lipinski definition) is 4. The molecule has 4 atom stereocenters. The maximum Gasteiger partial charge on any atom is 0.276 e. The first-order chi connectivity index (χ1) is 14.6. The van der Waals surface area contributed by atoms with Crippen molar-refractivity contribution in [2.24, 2.45) is 11.8 Å². The molecule has 30 heavy (non-hydrogen) atoms. The zero-order valence-electron chi connectivity index (χ0n) is 17.1. The third-order valence-electron chi connectivity index (χ3n) is 7.23. The summed E-state index contributed by atoms with van der Waals surface area (Å²) in [7, 11) is 0. The van der Waals surface area contributed by atoms with Gasteiger partial charge in [0, 0.05) is 31.4 Å². The quantitative estimate of drug-likeness (QED) is 0.843. The van der Waals surface area contributed by atoms with E-state index in [0.29, 0.717) is 30.5 Å². The summed E-state index contributed by atoms with van der Waals surface area (Å²) in [6, 6.07) is 10.8. The number of benzene rings is 1. The number of likely N-dealkylation sites (tertiary alicyclic amines) is 1. The molecule has 6 heteroatoms. The fraction of sp³-hybridized carbons (Fsp3) is 0.500. The van der Waals surface area contributed by atoms with Gasteiger partial charge in [0.05, 0.1) is 0 Å². The fourth-order valence-electron chi connectivity index (χ4n) is 5.97. The predicted molar refractivity (Wildman–Crippen MR) is 112 cm³/mol. The zero-order chi connectivity index (χ0) is 20.7. The van der Waals surface area contributed by atoms with Gasteiger partial charge in [-0.15, -0.1) is 0 Å². The summed E-state index contributed by atoms with van der Waals surface area (Å²) in [5.74, 6) is 0.353. The van der Waals surface area contributed by atoms with Crippen molar-refractivity contribution < 1.29 is 14.3 Å². The highest BCUT2D eigenvalue weighted by atomic mass is 19.1. The molecule has 158 valence electrons. The van der Waals surface area contributed by atoms with E-state index in [2.05, 4.69) is 9.88 Å². The summed E-state index contributed by atoms with van der Waals surface area (Å²) >= 11 is 0. The van der Waals surface area contributed by atoms with Crippen LogP contribution in [0.1, 0.15) is 41.7 Å². The van der Waals surface area contributed by atoms with Gasteiger partial charge in [-0.1, -0.05) is 18.6 Å². The molecule has 0 saturated carbocycles. The SMILES string of the molecule is O=C(c1ncccc1O)N1C[C@H]2C[C@@H](C1)[C@H](Cc1cccc(F)c1)N1CCCC[C@@H]21. The minimum absolute atomic E-state index is 0.0613. The monoisotopic (exact) mass is 409 g/mol. The molecule has 5 rings (SSSR count). The number of fused-ring (bicyclic) bond motifs is 4. The summed E-state index contributed by atoms with van der Waals surface area (Å²) < 4.78 is 13.8. The van der Waals surface area contributed by atoms with Crippen LogP contribution in [-0.2, 0) is 6.42 Å². The maximum absolute atomic E-state index is 13.8. The topological polar surface area (TPSA) is 56.7 Å². The largest absolute Gasteiger partial charge is 0.505 e. The number of carbonyl (C=O) groups is 1. The van der Waals surface area contributed by atoms with E-state index in [-0.39, 0.29) is 23.2 Å². The second-order valence-electron chi connectivity index (χ2n) is 9.04. The molecule has 0 radical (unpaired) electrons.